The first kappa shape index (κ1) is 11.4. The average Bonchev–Trinajstić information content (AvgIpc) is 2.69. The monoisotopic (exact) mass is 265 g/mol. The van der Waals surface area contributed by atoms with Gasteiger partial charge in [-0.25, -0.2) is 4.79 Å². The number of rotatable bonds is 2. The molecule has 1 aliphatic rings. The maximum atomic E-state index is 11.2. The molecule has 0 radical (unpaired) electrons. The van der Waals surface area contributed by atoms with E-state index in [1.807, 2.05) is 12.1 Å². The Balaban J connectivity index is 2.04. The predicted octanol–water partition coefficient (Wildman–Crippen LogP) is 1.86. The van der Waals surface area contributed by atoms with Crippen molar-refractivity contribution < 1.29 is 14.3 Å². The third-order valence-corrected chi connectivity index (χ3v) is 4.41. The lowest BCUT2D eigenvalue weighted by molar-refractivity contribution is -0.137. The van der Waals surface area contributed by atoms with E-state index in [4.69, 9.17) is 9.52 Å². The molecule has 1 aromatic carbocycles. The Morgan fingerprint density at radius 2 is 2.39 bits per heavy atom. The Morgan fingerprint density at radius 3 is 3.17 bits per heavy atom. The van der Waals surface area contributed by atoms with Crippen LogP contribution in [0.15, 0.2) is 26.2 Å². The molecule has 1 unspecified atom stereocenters. The van der Waals surface area contributed by atoms with Gasteiger partial charge in [0.05, 0.1) is 5.52 Å². The third kappa shape index (κ3) is 1.92. The quantitative estimate of drug-likeness (QED) is 0.866. The summed E-state index contributed by atoms with van der Waals surface area (Å²) in [5.74, 6) is -0.374. The highest BCUT2D eigenvalue weighted by atomic mass is 32.2. The Labute approximate surface area is 106 Å². The number of carbonyl (C=O) groups is 1. The van der Waals surface area contributed by atoms with Crippen molar-refractivity contribution in [1.82, 2.24) is 4.98 Å². The number of benzene rings is 1. The maximum Gasteiger partial charge on any atom is 0.417 e. The first-order chi connectivity index (χ1) is 8.63. The molecule has 0 spiro atoms. The van der Waals surface area contributed by atoms with Crippen LogP contribution in [0.2, 0.25) is 0 Å². The summed E-state index contributed by atoms with van der Waals surface area (Å²) >= 11 is 1.62. The molecule has 1 aliphatic heterocycles. The number of oxazole rings is 1. The fraction of sp³-hybridized carbons (Fsp3) is 0.333. The standard InChI is InChI=1S/C12H11NO4S/c14-10(15)4-6-3-7-9(18-5-6)2-1-8-11(7)17-12(16)13-8/h1-2,6H,3-5H2,(H,13,16)(H,14,15). The van der Waals surface area contributed by atoms with E-state index in [-0.39, 0.29) is 12.3 Å². The zero-order valence-corrected chi connectivity index (χ0v) is 10.3. The van der Waals surface area contributed by atoms with Gasteiger partial charge in [-0.15, -0.1) is 11.8 Å². The molecule has 1 aromatic heterocycles. The fourth-order valence-corrected chi connectivity index (χ4v) is 3.48. The van der Waals surface area contributed by atoms with Crippen LogP contribution in [0.3, 0.4) is 0 Å². The molecule has 6 heteroatoms. The minimum absolute atomic E-state index is 0.0887. The number of hydrogen-bond acceptors (Lipinski definition) is 4. The van der Waals surface area contributed by atoms with E-state index in [0.29, 0.717) is 17.5 Å². The van der Waals surface area contributed by atoms with Gasteiger partial charge in [0.25, 0.3) is 0 Å². The zero-order chi connectivity index (χ0) is 12.7. The van der Waals surface area contributed by atoms with Crippen molar-refractivity contribution >= 4 is 28.8 Å². The molecule has 0 amide bonds. The van der Waals surface area contributed by atoms with Gasteiger partial charge in [0.15, 0.2) is 5.58 Å². The minimum atomic E-state index is -0.785. The van der Waals surface area contributed by atoms with Crippen LogP contribution < -0.4 is 5.76 Å². The van der Waals surface area contributed by atoms with Crippen molar-refractivity contribution in [3.63, 3.8) is 0 Å². The molecular weight excluding hydrogens is 254 g/mol. The van der Waals surface area contributed by atoms with Gasteiger partial charge >= 0.3 is 11.7 Å². The molecule has 3 rings (SSSR count). The summed E-state index contributed by atoms with van der Waals surface area (Å²) < 4.78 is 5.15. The van der Waals surface area contributed by atoms with E-state index >= 15 is 0 Å². The predicted molar refractivity (Wildman–Crippen MR) is 67.0 cm³/mol. The fourth-order valence-electron chi connectivity index (χ4n) is 2.31. The lowest BCUT2D eigenvalue weighted by atomic mass is 9.96. The first-order valence-electron chi connectivity index (χ1n) is 5.63. The van der Waals surface area contributed by atoms with Crippen molar-refractivity contribution in [3.05, 3.63) is 28.2 Å². The van der Waals surface area contributed by atoms with Crippen LogP contribution in [0.1, 0.15) is 12.0 Å². The number of carboxylic acids is 1. The molecule has 2 N–H and O–H groups in total. The van der Waals surface area contributed by atoms with Gasteiger partial charge < -0.3 is 9.52 Å². The molecule has 1 atom stereocenters. The average molecular weight is 265 g/mol. The summed E-state index contributed by atoms with van der Waals surface area (Å²) in [5.41, 5.74) is 2.20. The SMILES string of the molecule is O=C(O)CC1CSc2ccc3[nH]c(=O)oc3c2C1. The van der Waals surface area contributed by atoms with E-state index in [0.717, 1.165) is 16.2 Å². The van der Waals surface area contributed by atoms with Crippen LogP contribution >= 0.6 is 11.8 Å². The van der Waals surface area contributed by atoms with Crippen molar-refractivity contribution in [2.45, 2.75) is 17.7 Å². The largest absolute Gasteiger partial charge is 0.481 e. The maximum absolute atomic E-state index is 11.2. The smallest absolute Gasteiger partial charge is 0.417 e. The van der Waals surface area contributed by atoms with Crippen LogP contribution in [0.5, 0.6) is 0 Å². The molecule has 2 aromatic rings. The second-order valence-corrected chi connectivity index (χ2v) is 5.47. The second kappa shape index (κ2) is 4.20. The Bertz CT molecular complexity index is 672. The van der Waals surface area contributed by atoms with Crippen molar-refractivity contribution in [3.8, 4) is 0 Å². The summed E-state index contributed by atoms with van der Waals surface area (Å²) in [6.45, 7) is 0. The molecule has 2 heterocycles. The number of thioether (sulfide) groups is 1. The second-order valence-electron chi connectivity index (χ2n) is 4.41. The number of hydrogen-bond donors (Lipinski definition) is 2. The summed E-state index contributed by atoms with van der Waals surface area (Å²) in [4.78, 5) is 25.7. The molecule has 18 heavy (non-hydrogen) atoms. The van der Waals surface area contributed by atoms with Crippen molar-refractivity contribution in [2.75, 3.05) is 5.75 Å². The van der Waals surface area contributed by atoms with Gasteiger partial charge in [-0.1, -0.05) is 0 Å². The summed E-state index contributed by atoms with van der Waals surface area (Å²) in [6, 6.07) is 3.77. The van der Waals surface area contributed by atoms with Gasteiger partial charge in [-0.2, -0.15) is 0 Å². The topological polar surface area (TPSA) is 83.3 Å². The van der Waals surface area contributed by atoms with E-state index in [1.54, 1.807) is 11.8 Å². The van der Waals surface area contributed by atoms with Gasteiger partial charge in [0.2, 0.25) is 0 Å². The lowest BCUT2D eigenvalue weighted by Gasteiger charge is -2.22. The summed E-state index contributed by atoms with van der Waals surface area (Å²) in [6.07, 6.45) is 0.796. The Morgan fingerprint density at radius 1 is 1.56 bits per heavy atom. The van der Waals surface area contributed by atoms with Crippen molar-refractivity contribution in [2.24, 2.45) is 5.92 Å². The van der Waals surface area contributed by atoms with Crippen LogP contribution in [-0.2, 0) is 11.2 Å². The molecule has 0 bridgehead atoms. The summed E-state index contributed by atoms with van der Waals surface area (Å²) in [5, 5.41) is 8.84. The first-order valence-corrected chi connectivity index (χ1v) is 6.61. The molecule has 0 saturated carbocycles. The lowest BCUT2D eigenvalue weighted by Crippen LogP contribution is -2.17. The molecular formula is C12H11NO4S. The van der Waals surface area contributed by atoms with Gasteiger partial charge in [0.1, 0.15) is 0 Å². The number of carboxylic acid groups (broad SMARTS) is 1. The highest BCUT2D eigenvalue weighted by Crippen LogP contribution is 2.37. The highest BCUT2D eigenvalue weighted by Gasteiger charge is 2.24. The number of nitrogens with one attached hydrogen (secondary N) is 1. The van der Waals surface area contributed by atoms with E-state index < -0.39 is 11.7 Å². The summed E-state index contributed by atoms with van der Waals surface area (Å²) in [7, 11) is 0. The zero-order valence-electron chi connectivity index (χ0n) is 9.43. The molecule has 94 valence electrons. The Kier molecular flexibility index (Phi) is 2.66. The van der Waals surface area contributed by atoms with Crippen LogP contribution in [-0.4, -0.2) is 21.8 Å². The van der Waals surface area contributed by atoms with E-state index in [2.05, 4.69) is 4.98 Å². The van der Waals surface area contributed by atoms with Crippen molar-refractivity contribution in [1.29, 1.82) is 0 Å². The van der Waals surface area contributed by atoms with Gasteiger partial charge in [-0.3, -0.25) is 9.78 Å². The van der Waals surface area contributed by atoms with Gasteiger partial charge in [-0.05, 0) is 24.5 Å². The normalized spacial score (nSPS) is 18.8. The van der Waals surface area contributed by atoms with E-state index in [1.165, 1.54) is 0 Å². The molecule has 0 saturated heterocycles. The molecule has 5 nitrogen and oxygen atoms in total. The van der Waals surface area contributed by atoms with Crippen LogP contribution in [0, 0.1) is 5.92 Å². The molecule has 0 fully saturated rings. The molecule has 0 aliphatic carbocycles. The Hall–Kier alpha value is -1.69. The number of H-pyrrole nitrogens is 1. The van der Waals surface area contributed by atoms with Crippen LogP contribution in [0.25, 0.3) is 11.1 Å². The van der Waals surface area contributed by atoms with E-state index in [9.17, 15) is 9.59 Å². The minimum Gasteiger partial charge on any atom is -0.481 e. The number of aromatic nitrogens is 1. The van der Waals surface area contributed by atoms with Gasteiger partial charge in [0, 0.05) is 22.6 Å². The number of aromatic amines is 1. The number of fused-ring (bicyclic) bond motifs is 3. The third-order valence-electron chi connectivity index (χ3n) is 3.08. The van der Waals surface area contributed by atoms with Crippen LogP contribution in [0.4, 0.5) is 0 Å². The number of aliphatic carboxylic acids is 1. The highest BCUT2D eigenvalue weighted by molar-refractivity contribution is 7.99.